The molecule has 110 valence electrons. The van der Waals surface area contributed by atoms with Crippen molar-refractivity contribution in [3.63, 3.8) is 0 Å². The van der Waals surface area contributed by atoms with Crippen LogP contribution in [0.3, 0.4) is 0 Å². The van der Waals surface area contributed by atoms with Crippen molar-refractivity contribution < 1.29 is 8.85 Å². The summed E-state index contributed by atoms with van der Waals surface area (Å²) in [5, 5.41) is 0.108. The van der Waals surface area contributed by atoms with Gasteiger partial charge in [0.25, 0.3) is 0 Å². The lowest BCUT2D eigenvalue weighted by Crippen LogP contribution is -2.53. The third-order valence-corrected chi connectivity index (χ3v) is 7.98. The van der Waals surface area contributed by atoms with Crippen LogP contribution < -0.4 is 0 Å². The first-order valence-corrected chi connectivity index (χ1v) is 9.38. The zero-order valence-corrected chi connectivity index (χ0v) is 15.0. The molecule has 0 unspecified atom stereocenters. The molecule has 0 aromatic heterocycles. The van der Waals surface area contributed by atoms with Gasteiger partial charge >= 0.3 is 8.56 Å². The van der Waals surface area contributed by atoms with Crippen molar-refractivity contribution in [2.75, 3.05) is 0 Å². The highest BCUT2D eigenvalue weighted by Crippen LogP contribution is 2.43. The van der Waals surface area contributed by atoms with Crippen LogP contribution in [0.15, 0.2) is 0 Å². The van der Waals surface area contributed by atoms with Crippen LogP contribution >= 0.6 is 0 Å². The van der Waals surface area contributed by atoms with Gasteiger partial charge in [0.1, 0.15) is 0 Å². The molecule has 0 saturated carbocycles. The summed E-state index contributed by atoms with van der Waals surface area (Å²) in [6.07, 6.45) is 1.66. The van der Waals surface area contributed by atoms with Crippen molar-refractivity contribution in [1.82, 2.24) is 0 Å². The van der Waals surface area contributed by atoms with Gasteiger partial charge in [0.05, 0.1) is 0 Å². The highest BCUT2D eigenvalue weighted by Gasteiger charge is 2.50. The van der Waals surface area contributed by atoms with E-state index in [2.05, 4.69) is 62.3 Å². The van der Waals surface area contributed by atoms with Crippen LogP contribution in [0.5, 0.6) is 0 Å². The minimum Gasteiger partial charge on any atom is -0.391 e. The molecule has 18 heavy (non-hydrogen) atoms. The predicted molar refractivity (Wildman–Crippen MR) is 82.2 cm³/mol. The second-order valence-electron chi connectivity index (χ2n) is 7.27. The van der Waals surface area contributed by atoms with E-state index in [4.69, 9.17) is 8.85 Å². The quantitative estimate of drug-likeness (QED) is 0.600. The largest absolute Gasteiger partial charge is 0.391 e. The van der Waals surface area contributed by atoms with Crippen LogP contribution in [0.4, 0.5) is 0 Å². The molecule has 0 N–H and O–H groups in total. The summed E-state index contributed by atoms with van der Waals surface area (Å²) in [4.78, 5) is 0. The summed E-state index contributed by atoms with van der Waals surface area (Å²) in [6, 6.07) is 1.09. The molecule has 0 saturated heterocycles. The Bertz CT molecular complexity index is 219. The molecule has 0 aliphatic carbocycles. The molecule has 0 spiro atoms. The lowest BCUT2D eigenvalue weighted by atomic mass is 10.2. The average molecular weight is 275 g/mol. The lowest BCUT2D eigenvalue weighted by Gasteiger charge is -2.43. The Morgan fingerprint density at radius 2 is 1.22 bits per heavy atom. The van der Waals surface area contributed by atoms with E-state index < -0.39 is 8.56 Å². The molecule has 0 radical (unpaired) electrons. The summed E-state index contributed by atoms with van der Waals surface area (Å²) in [6.45, 7) is 19.8. The maximum atomic E-state index is 6.38. The fraction of sp³-hybridized carbons (Fsp3) is 1.00. The number of hydrogen-bond donors (Lipinski definition) is 0. The average Bonchev–Trinajstić information content (AvgIpc) is 2.10. The zero-order valence-electron chi connectivity index (χ0n) is 14.0. The Morgan fingerprint density at radius 3 is 1.44 bits per heavy atom. The topological polar surface area (TPSA) is 18.5 Å². The van der Waals surface area contributed by atoms with E-state index in [1.165, 1.54) is 6.42 Å². The first-order valence-electron chi connectivity index (χ1n) is 7.36. The SMILES string of the molecule is CC(C)CC[Si](OC(C)C)(OC(C)C)C(C)(C)C. The van der Waals surface area contributed by atoms with E-state index in [1.54, 1.807) is 0 Å². The van der Waals surface area contributed by atoms with Gasteiger partial charge in [-0.15, -0.1) is 0 Å². The highest BCUT2D eigenvalue weighted by molar-refractivity contribution is 6.70. The molecule has 0 aliphatic rings. The van der Waals surface area contributed by atoms with Gasteiger partial charge in [-0.2, -0.15) is 0 Å². The van der Waals surface area contributed by atoms with Gasteiger partial charge in [-0.25, -0.2) is 0 Å². The summed E-state index contributed by atoms with van der Waals surface area (Å²) >= 11 is 0. The van der Waals surface area contributed by atoms with Gasteiger partial charge < -0.3 is 8.85 Å². The van der Waals surface area contributed by atoms with Crippen LogP contribution in [0.25, 0.3) is 0 Å². The van der Waals surface area contributed by atoms with Gasteiger partial charge in [-0.1, -0.05) is 34.6 Å². The molecule has 0 aromatic carbocycles. The second kappa shape index (κ2) is 7.06. The molecule has 0 amide bonds. The van der Waals surface area contributed by atoms with Crippen molar-refractivity contribution in [2.24, 2.45) is 5.92 Å². The molecule has 0 rings (SSSR count). The van der Waals surface area contributed by atoms with Crippen molar-refractivity contribution in [2.45, 2.75) is 92.0 Å². The molecule has 0 heterocycles. The van der Waals surface area contributed by atoms with Gasteiger partial charge in [0, 0.05) is 17.2 Å². The summed E-state index contributed by atoms with van der Waals surface area (Å²) in [5.74, 6) is 0.700. The Morgan fingerprint density at radius 1 is 0.833 bits per heavy atom. The minimum atomic E-state index is -2.19. The molecule has 0 bridgehead atoms. The third kappa shape index (κ3) is 5.85. The monoisotopic (exact) mass is 274 g/mol. The normalized spacial score (nSPS) is 14.0. The van der Waals surface area contributed by atoms with E-state index in [1.807, 2.05) is 0 Å². The van der Waals surface area contributed by atoms with Crippen LogP contribution in [-0.4, -0.2) is 20.8 Å². The molecular formula is C15H34O2Si. The fourth-order valence-electron chi connectivity index (χ4n) is 2.11. The highest BCUT2D eigenvalue weighted by atomic mass is 28.4. The first-order chi connectivity index (χ1) is 8.00. The molecule has 0 aromatic rings. The lowest BCUT2D eigenvalue weighted by molar-refractivity contribution is 0.0867. The smallest absolute Gasteiger partial charge is 0.344 e. The number of hydrogen-bond acceptors (Lipinski definition) is 2. The van der Waals surface area contributed by atoms with E-state index in [0.717, 1.165) is 6.04 Å². The van der Waals surface area contributed by atoms with Crippen molar-refractivity contribution >= 4 is 8.56 Å². The van der Waals surface area contributed by atoms with Gasteiger partial charge in [-0.3, -0.25) is 0 Å². The Labute approximate surface area is 116 Å². The van der Waals surface area contributed by atoms with Crippen LogP contribution in [0.2, 0.25) is 11.1 Å². The molecule has 0 fully saturated rings. The zero-order chi connectivity index (χ0) is 14.6. The minimum absolute atomic E-state index is 0.108. The summed E-state index contributed by atoms with van der Waals surface area (Å²) < 4.78 is 12.8. The van der Waals surface area contributed by atoms with Gasteiger partial charge in [0.15, 0.2) is 0 Å². The van der Waals surface area contributed by atoms with Crippen molar-refractivity contribution in [3.05, 3.63) is 0 Å². The second-order valence-corrected chi connectivity index (χ2v) is 11.2. The molecular weight excluding hydrogens is 240 g/mol. The van der Waals surface area contributed by atoms with E-state index >= 15 is 0 Å². The maximum Gasteiger partial charge on any atom is 0.344 e. The first kappa shape index (κ1) is 18.1. The Kier molecular flexibility index (Phi) is 7.12. The van der Waals surface area contributed by atoms with E-state index in [-0.39, 0.29) is 17.2 Å². The molecule has 0 aliphatic heterocycles. The standard InChI is InChI=1S/C15H34O2Si/c1-12(2)10-11-18(15(7,8)9,16-13(3)4)17-14(5)6/h12-14H,10-11H2,1-9H3. The van der Waals surface area contributed by atoms with E-state index in [9.17, 15) is 0 Å². The van der Waals surface area contributed by atoms with E-state index in [0.29, 0.717) is 5.92 Å². The summed E-state index contributed by atoms with van der Waals surface area (Å²) in [7, 11) is -2.19. The predicted octanol–water partition coefficient (Wildman–Crippen LogP) is 5.12. The van der Waals surface area contributed by atoms with Crippen LogP contribution in [-0.2, 0) is 8.85 Å². The number of rotatable bonds is 7. The molecule has 2 nitrogen and oxygen atoms in total. The van der Waals surface area contributed by atoms with Crippen LogP contribution in [0, 0.1) is 5.92 Å². The van der Waals surface area contributed by atoms with Crippen molar-refractivity contribution in [1.29, 1.82) is 0 Å². The van der Waals surface area contributed by atoms with Gasteiger partial charge in [0.2, 0.25) is 0 Å². The van der Waals surface area contributed by atoms with Gasteiger partial charge in [-0.05, 0) is 46.1 Å². The van der Waals surface area contributed by atoms with Crippen LogP contribution in [0.1, 0.15) is 68.7 Å². The third-order valence-electron chi connectivity index (χ3n) is 3.05. The Hall–Kier alpha value is 0.137. The molecule has 0 atom stereocenters. The fourth-order valence-corrected chi connectivity index (χ4v) is 6.34. The Balaban J connectivity index is 5.12. The summed E-state index contributed by atoms with van der Waals surface area (Å²) in [5.41, 5.74) is 0. The maximum absolute atomic E-state index is 6.38. The molecule has 3 heteroatoms. The van der Waals surface area contributed by atoms with Crippen molar-refractivity contribution in [3.8, 4) is 0 Å².